The lowest BCUT2D eigenvalue weighted by Crippen LogP contribution is -2.61. The minimum Gasteiger partial charge on any atom is -0.456 e. The predicted octanol–water partition coefficient (Wildman–Crippen LogP) is 20.0. The Balaban J connectivity index is 1.03. The summed E-state index contributed by atoms with van der Waals surface area (Å²) in [6.45, 7) is 23.7. The van der Waals surface area contributed by atoms with E-state index in [0.717, 1.165) is 81.5 Å². The molecule has 4 nitrogen and oxygen atoms in total. The number of nitrogens with zero attached hydrogens (tertiary/aromatic N) is 2. The first kappa shape index (κ1) is 48.6. The summed E-state index contributed by atoms with van der Waals surface area (Å²) < 4.78 is 14.4. The lowest BCUT2D eigenvalue weighted by Gasteiger charge is -2.46. The highest BCUT2D eigenvalue weighted by Gasteiger charge is 2.47. The van der Waals surface area contributed by atoms with Crippen LogP contribution in [0.15, 0.2) is 185 Å². The van der Waals surface area contributed by atoms with Crippen LogP contribution in [0.1, 0.15) is 114 Å². The molecule has 2 aliphatic heterocycles. The van der Waals surface area contributed by atoms with Crippen LogP contribution in [-0.4, -0.2) is 6.85 Å². The number of anilines is 5. The van der Waals surface area contributed by atoms with Crippen molar-refractivity contribution in [2.24, 2.45) is 0 Å². The number of aryl methyl sites for hydroxylation is 2. The monoisotopic (exact) mass is 1050 g/mol. The summed E-state index contributed by atoms with van der Waals surface area (Å²) in [5, 5.41) is 7.12. The molecule has 0 atom stereocenters. The molecule has 5 heteroatoms. The van der Waals surface area contributed by atoms with Crippen LogP contribution in [0.4, 0.5) is 28.4 Å². The van der Waals surface area contributed by atoms with Crippen LogP contribution < -0.4 is 20.6 Å². The number of hydrogen-bond acceptors (Lipinski definition) is 4. The Kier molecular flexibility index (Phi) is 10.0. The van der Waals surface area contributed by atoms with Gasteiger partial charge in [-0.1, -0.05) is 152 Å². The lowest BCUT2D eigenvalue weighted by molar-refractivity contribution is 0.332. The fourth-order valence-corrected chi connectivity index (χ4v) is 15.2. The van der Waals surface area contributed by atoms with Crippen molar-refractivity contribution in [3.05, 3.63) is 209 Å². The number of hydrogen-bond donors (Lipinski definition) is 0. The number of furan rings is 2. The van der Waals surface area contributed by atoms with Gasteiger partial charge in [0.2, 0.25) is 0 Å². The lowest BCUT2D eigenvalue weighted by atomic mass is 9.43. The molecule has 16 rings (SSSR count). The second kappa shape index (κ2) is 16.7. The zero-order valence-corrected chi connectivity index (χ0v) is 48.4. The van der Waals surface area contributed by atoms with E-state index in [0.29, 0.717) is 0 Å². The summed E-state index contributed by atoms with van der Waals surface area (Å²) in [4.78, 5) is 5.24. The highest BCUT2D eigenvalue weighted by Crippen LogP contribution is 2.54. The second-order valence-electron chi connectivity index (χ2n) is 27.1. The molecular formula is C76H67BN2O2. The summed E-state index contributed by atoms with van der Waals surface area (Å²) >= 11 is 0. The van der Waals surface area contributed by atoms with Crippen molar-refractivity contribution in [3.63, 3.8) is 0 Å². The highest BCUT2D eigenvalue weighted by atomic mass is 16.3. The maximum Gasteiger partial charge on any atom is 0.333 e. The van der Waals surface area contributed by atoms with Crippen molar-refractivity contribution in [3.8, 4) is 33.4 Å². The van der Waals surface area contributed by atoms with Crippen LogP contribution in [0, 0.1) is 13.8 Å². The van der Waals surface area contributed by atoms with E-state index in [1.807, 2.05) is 0 Å². The van der Waals surface area contributed by atoms with Crippen LogP contribution in [-0.2, 0) is 21.7 Å². The van der Waals surface area contributed by atoms with Crippen LogP contribution >= 0.6 is 0 Å². The zero-order chi connectivity index (χ0) is 55.2. The van der Waals surface area contributed by atoms with Crippen molar-refractivity contribution in [2.75, 3.05) is 9.71 Å². The molecule has 0 fully saturated rings. The van der Waals surface area contributed by atoms with Crippen molar-refractivity contribution in [2.45, 2.75) is 117 Å². The molecule has 81 heavy (non-hydrogen) atoms. The van der Waals surface area contributed by atoms with Gasteiger partial charge in [0.25, 0.3) is 0 Å². The third-order valence-corrected chi connectivity index (χ3v) is 20.2. The molecule has 0 unspecified atom stereocenters. The van der Waals surface area contributed by atoms with Gasteiger partial charge in [-0.15, -0.1) is 0 Å². The van der Waals surface area contributed by atoms with Gasteiger partial charge in [-0.3, -0.25) is 0 Å². The summed E-state index contributed by atoms with van der Waals surface area (Å²) in [5.41, 5.74) is 27.5. The first-order valence-corrected chi connectivity index (χ1v) is 29.5. The first-order chi connectivity index (χ1) is 38.9. The molecule has 0 N–H and O–H groups in total. The normalized spacial score (nSPS) is 17.1. The third kappa shape index (κ3) is 7.09. The van der Waals surface area contributed by atoms with E-state index in [9.17, 15) is 0 Å². The van der Waals surface area contributed by atoms with Crippen molar-refractivity contribution < 1.29 is 8.83 Å². The molecule has 2 aromatic heterocycles. The maximum absolute atomic E-state index is 7.27. The molecule has 0 radical (unpaired) electrons. The first-order valence-electron chi connectivity index (χ1n) is 29.5. The predicted molar refractivity (Wildman–Crippen MR) is 343 cm³/mol. The average Bonchev–Trinajstić information content (AvgIpc) is 3.13. The second-order valence-corrected chi connectivity index (χ2v) is 27.1. The molecule has 0 saturated heterocycles. The fraction of sp³-hybridized carbons (Fsp3) is 0.237. The van der Waals surface area contributed by atoms with Gasteiger partial charge in [0, 0.05) is 62.0 Å². The third-order valence-electron chi connectivity index (χ3n) is 20.2. The van der Waals surface area contributed by atoms with E-state index in [2.05, 4.69) is 255 Å². The quantitative estimate of drug-likeness (QED) is 0.164. The Hall–Kier alpha value is -8.28. The summed E-state index contributed by atoms with van der Waals surface area (Å²) in [6.07, 6.45) is 4.59. The molecule has 0 amide bonds. The molecule has 0 bridgehead atoms. The zero-order valence-electron chi connectivity index (χ0n) is 48.4. The molecule has 12 aromatic rings. The van der Waals surface area contributed by atoms with Crippen LogP contribution in [0.2, 0.25) is 0 Å². The van der Waals surface area contributed by atoms with E-state index in [1.165, 1.54) is 105 Å². The van der Waals surface area contributed by atoms with Crippen molar-refractivity contribution in [1.29, 1.82) is 0 Å². The van der Waals surface area contributed by atoms with Gasteiger partial charge in [0.1, 0.15) is 22.3 Å². The molecular weight excluding hydrogens is 984 g/mol. The number of fused-ring (bicyclic) bond motifs is 13. The number of rotatable bonds is 4. The molecule has 0 saturated carbocycles. The summed E-state index contributed by atoms with van der Waals surface area (Å²) in [7, 11) is 0. The van der Waals surface area contributed by atoms with Crippen LogP contribution in [0.5, 0.6) is 0 Å². The Bertz CT molecular complexity index is 4680. The van der Waals surface area contributed by atoms with Gasteiger partial charge in [-0.25, -0.2) is 0 Å². The Morgan fingerprint density at radius 3 is 1.49 bits per heavy atom. The minimum absolute atomic E-state index is 0.0351. The van der Waals surface area contributed by atoms with E-state index >= 15 is 0 Å². The molecule has 396 valence electrons. The largest absolute Gasteiger partial charge is 0.456 e. The van der Waals surface area contributed by atoms with Gasteiger partial charge in [0.05, 0.1) is 5.69 Å². The fourth-order valence-electron chi connectivity index (χ4n) is 15.2. The van der Waals surface area contributed by atoms with Gasteiger partial charge < -0.3 is 18.5 Å². The Labute approximate surface area is 476 Å². The SMILES string of the molecule is Cc1ccccc1-c1cc2c3c(c1)N(c1cc4oc5cc6c(cc5c4cc1C)C(C)(C)CCC6(C)C)c1cc4oc5cc6c(cc5c4cc1B3N(c1ccc(-c3ccccc3)cc1)c1cc3ccccc3cc1-2)C(C)(C)CCC6(C)C. The molecule has 4 heterocycles. The topological polar surface area (TPSA) is 32.8 Å². The summed E-state index contributed by atoms with van der Waals surface area (Å²) in [5.74, 6) is 0. The standard InChI is InChI=1S/C76H67BN2O2/c1-44-18-14-17-23-52(44)50-34-58-53-33-48-21-15-16-22-49(48)35-65(53)79(51-26-24-47(25-27-51)46-19-12-11-13-20-46)77-63-39-57-56-38-60-62(76(9,10)31-29-74(60,5)6)41-69(56)81-71(57)43-66(63)78(67(36-50)72(58)77)64-42-70-54(32-45(64)2)55-37-59-61(40-68(55)80-70)75(7,8)30-28-73(59,3)4/h11-27,32-43H,28-31H2,1-10H3. The summed E-state index contributed by atoms with van der Waals surface area (Å²) in [6, 6.07) is 67.1. The van der Waals surface area contributed by atoms with Gasteiger partial charge in [-0.2, -0.15) is 0 Å². The van der Waals surface area contributed by atoms with Gasteiger partial charge in [-0.05, 0) is 211 Å². The Morgan fingerprint density at radius 2 is 0.877 bits per heavy atom. The van der Waals surface area contributed by atoms with Gasteiger partial charge >= 0.3 is 6.85 Å². The van der Waals surface area contributed by atoms with Gasteiger partial charge in [0.15, 0.2) is 0 Å². The molecule has 0 spiro atoms. The molecule has 4 aliphatic rings. The van der Waals surface area contributed by atoms with E-state index in [-0.39, 0.29) is 28.5 Å². The van der Waals surface area contributed by atoms with Crippen LogP contribution in [0.25, 0.3) is 88.0 Å². The smallest absolute Gasteiger partial charge is 0.333 e. The van der Waals surface area contributed by atoms with E-state index in [4.69, 9.17) is 8.83 Å². The maximum atomic E-state index is 7.27. The average molecular weight is 1050 g/mol. The van der Waals surface area contributed by atoms with Crippen molar-refractivity contribution >= 4 is 101 Å². The Morgan fingerprint density at radius 1 is 0.370 bits per heavy atom. The molecule has 2 aliphatic carbocycles. The van der Waals surface area contributed by atoms with Crippen molar-refractivity contribution in [1.82, 2.24) is 0 Å². The molecule has 10 aromatic carbocycles. The van der Waals surface area contributed by atoms with Crippen LogP contribution in [0.3, 0.4) is 0 Å². The number of benzene rings is 10. The van der Waals surface area contributed by atoms with E-state index < -0.39 is 0 Å². The highest BCUT2D eigenvalue weighted by molar-refractivity contribution is 6.94. The van der Waals surface area contributed by atoms with E-state index in [1.54, 1.807) is 0 Å². The minimum atomic E-state index is -0.223.